The van der Waals surface area contributed by atoms with Gasteiger partial charge in [-0.3, -0.25) is 0 Å². The Hall–Kier alpha value is 0.430. The monoisotopic (exact) mass is 569 g/mol. The average Bonchev–Trinajstić information content (AvgIpc) is 2.95. The molecule has 238 valence electrons. The van der Waals surface area contributed by atoms with Crippen LogP contribution in [0.2, 0.25) is 0 Å². The molecule has 0 rings (SSSR count). The molecule has 0 aliphatic rings. The van der Waals surface area contributed by atoms with E-state index in [2.05, 4.69) is 27.7 Å². The Labute approximate surface area is 251 Å². The molecule has 0 bridgehead atoms. The first kappa shape index (κ1) is 39.4. The van der Waals surface area contributed by atoms with Crippen molar-refractivity contribution >= 4 is 7.26 Å². The minimum absolute atomic E-state index is 1.11. The number of unbranched alkanes of at least 4 members (excludes halogenated alkanes) is 26. The predicted octanol–water partition coefficient (Wildman–Crippen LogP) is 14.5. The fraction of sp³-hybridized carbons (Fsp3) is 1.00. The third-order valence-corrected chi connectivity index (χ3v) is 15.4. The molecule has 0 aliphatic carbocycles. The van der Waals surface area contributed by atoms with Gasteiger partial charge in [0.25, 0.3) is 0 Å². The summed E-state index contributed by atoms with van der Waals surface area (Å²) in [6, 6.07) is 0. The number of hydrogen-bond acceptors (Lipinski definition) is 0. The molecule has 0 heterocycles. The van der Waals surface area contributed by atoms with Crippen molar-refractivity contribution in [1.82, 2.24) is 0 Å². The second-order valence-corrected chi connectivity index (χ2v) is 18.7. The van der Waals surface area contributed by atoms with Crippen molar-refractivity contribution in [1.29, 1.82) is 0 Å². The Kier molecular flexibility index (Phi) is 33.3. The number of hydrogen-bond donors (Lipinski definition) is 0. The van der Waals surface area contributed by atoms with Crippen LogP contribution in [0.1, 0.15) is 220 Å². The van der Waals surface area contributed by atoms with Crippen LogP contribution in [0.15, 0.2) is 0 Å². The van der Waals surface area contributed by atoms with E-state index < -0.39 is 7.26 Å². The standard InChI is InChI=1S/C38H81P/c1-5-9-13-17-21-22-26-30-34-38-39(35-31-27-23-18-14-10-6-2,36-32-28-24-19-15-11-7-3)37-33-29-25-20-16-12-8-4/h39H,5-38H2,1-4H3. The van der Waals surface area contributed by atoms with Crippen LogP contribution in [0.25, 0.3) is 0 Å². The van der Waals surface area contributed by atoms with Crippen LogP contribution in [0.4, 0.5) is 0 Å². The first-order valence-electron chi connectivity index (χ1n) is 19.2. The van der Waals surface area contributed by atoms with E-state index in [1.807, 2.05) is 0 Å². The van der Waals surface area contributed by atoms with Gasteiger partial charge in [0.15, 0.2) is 0 Å². The molecule has 0 unspecified atom stereocenters. The molecule has 1 heteroatoms. The van der Waals surface area contributed by atoms with Crippen LogP contribution < -0.4 is 0 Å². The summed E-state index contributed by atoms with van der Waals surface area (Å²) in [4.78, 5) is 0. The third-order valence-electron chi connectivity index (χ3n) is 9.74. The second kappa shape index (κ2) is 32.9. The Morgan fingerprint density at radius 2 is 0.359 bits per heavy atom. The quantitative estimate of drug-likeness (QED) is 0.0535. The number of rotatable bonds is 34. The van der Waals surface area contributed by atoms with E-state index in [1.54, 1.807) is 50.3 Å². The van der Waals surface area contributed by atoms with Gasteiger partial charge in [-0.1, -0.05) is 0 Å². The molecule has 0 aromatic heterocycles. The van der Waals surface area contributed by atoms with Crippen molar-refractivity contribution in [2.45, 2.75) is 220 Å². The summed E-state index contributed by atoms with van der Waals surface area (Å²) in [7, 11) is -1.11. The van der Waals surface area contributed by atoms with E-state index in [1.165, 1.54) is 167 Å². The summed E-state index contributed by atoms with van der Waals surface area (Å²) in [6.07, 6.45) is 51.4. The maximum absolute atomic E-state index is 2.35. The van der Waals surface area contributed by atoms with E-state index in [0.29, 0.717) is 0 Å². The van der Waals surface area contributed by atoms with Crippen molar-refractivity contribution in [3.05, 3.63) is 0 Å². The van der Waals surface area contributed by atoms with Gasteiger partial charge in [0.1, 0.15) is 0 Å². The normalized spacial score (nSPS) is 12.4. The van der Waals surface area contributed by atoms with Crippen molar-refractivity contribution in [2.75, 3.05) is 24.6 Å². The predicted molar refractivity (Wildman–Crippen MR) is 189 cm³/mol. The van der Waals surface area contributed by atoms with Gasteiger partial charge in [0.05, 0.1) is 0 Å². The molecule has 0 saturated heterocycles. The molecule has 0 N–H and O–H groups in total. The van der Waals surface area contributed by atoms with Gasteiger partial charge >= 0.3 is 252 Å². The summed E-state index contributed by atoms with van der Waals surface area (Å²) in [6.45, 7) is 9.38. The van der Waals surface area contributed by atoms with E-state index >= 15 is 0 Å². The van der Waals surface area contributed by atoms with Crippen molar-refractivity contribution in [2.24, 2.45) is 0 Å². The van der Waals surface area contributed by atoms with E-state index in [0.717, 1.165) is 0 Å². The molecule has 39 heavy (non-hydrogen) atoms. The molecular weight excluding hydrogens is 487 g/mol. The molecule has 0 nitrogen and oxygen atoms in total. The van der Waals surface area contributed by atoms with Gasteiger partial charge in [-0.15, -0.1) is 0 Å². The summed E-state index contributed by atoms with van der Waals surface area (Å²) < 4.78 is 0. The molecule has 0 atom stereocenters. The van der Waals surface area contributed by atoms with E-state index in [4.69, 9.17) is 0 Å². The summed E-state index contributed by atoms with van der Waals surface area (Å²) in [5.74, 6) is 0. The second-order valence-electron chi connectivity index (χ2n) is 13.7. The van der Waals surface area contributed by atoms with Gasteiger partial charge < -0.3 is 0 Å². The molecular formula is C38H81P. The van der Waals surface area contributed by atoms with Crippen LogP contribution in [-0.2, 0) is 0 Å². The van der Waals surface area contributed by atoms with Crippen LogP contribution >= 0.6 is 7.26 Å². The Balaban J connectivity index is 4.78. The molecule has 0 fully saturated rings. The van der Waals surface area contributed by atoms with Gasteiger partial charge in [-0.2, -0.15) is 0 Å². The zero-order valence-electron chi connectivity index (χ0n) is 28.5. The fourth-order valence-electron chi connectivity index (χ4n) is 6.93. The third kappa shape index (κ3) is 28.3. The van der Waals surface area contributed by atoms with Gasteiger partial charge in [-0.25, -0.2) is 0 Å². The van der Waals surface area contributed by atoms with Crippen LogP contribution in [0.3, 0.4) is 0 Å². The van der Waals surface area contributed by atoms with Crippen LogP contribution in [0.5, 0.6) is 0 Å². The summed E-state index contributed by atoms with van der Waals surface area (Å²) in [5, 5.41) is 0. The summed E-state index contributed by atoms with van der Waals surface area (Å²) in [5.41, 5.74) is 0. The average molecular weight is 569 g/mol. The molecule has 0 radical (unpaired) electrons. The van der Waals surface area contributed by atoms with E-state index in [9.17, 15) is 0 Å². The Bertz CT molecular complexity index is 385. The van der Waals surface area contributed by atoms with Gasteiger partial charge in [0.2, 0.25) is 0 Å². The van der Waals surface area contributed by atoms with Gasteiger partial charge in [-0.05, 0) is 0 Å². The molecule has 0 aromatic rings. The first-order chi connectivity index (χ1) is 19.2. The maximum atomic E-state index is 2.35. The van der Waals surface area contributed by atoms with Crippen molar-refractivity contribution in [3.63, 3.8) is 0 Å². The van der Waals surface area contributed by atoms with Gasteiger partial charge in [0, 0.05) is 0 Å². The summed E-state index contributed by atoms with van der Waals surface area (Å²) >= 11 is 0. The van der Waals surface area contributed by atoms with Crippen molar-refractivity contribution in [3.8, 4) is 0 Å². The molecule has 0 aromatic carbocycles. The Morgan fingerprint density at radius 1 is 0.205 bits per heavy atom. The fourth-order valence-corrected chi connectivity index (χ4v) is 12.4. The molecule has 0 saturated carbocycles. The Morgan fingerprint density at radius 3 is 0.538 bits per heavy atom. The minimum atomic E-state index is -1.11. The topological polar surface area (TPSA) is 0 Å². The van der Waals surface area contributed by atoms with Crippen LogP contribution in [0, 0.1) is 0 Å². The zero-order chi connectivity index (χ0) is 28.5. The SMILES string of the molecule is CCCCCCCCCCC[PH](CCCCCCCCC)(CCCCCCCCC)CCCCCCCCC. The van der Waals surface area contributed by atoms with Crippen molar-refractivity contribution < 1.29 is 0 Å². The zero-order valence-corrected chi connectivity index (χ0v) is 29.5. The first-order valence-corrected chi connectivity index (χ1v) is 22.1. The van der Waals surface area contributed by atoms with E-state index in [-0.39, 0.29) is 0 Å². The molecule has 0 aliphatic heterocycles. The molecule has 0 spiro atoms. The molecule has 0 amide bonds. The van der Waals surface area contributed by atoms with Crippen LogP contribution in [-0.4, -0.2) is 24.6 Å².